The van der Waals surface area contributed by atoms with Crippen molar-refractivity contribution < 1.29 is 72.0 Å². The number of hydrogen-bond acceptors (Lipinski definition) is 16. The van der Waals surface area contributed by atoms with Crippen molar-refractivity contribution in [2.45, 2.75) is 62.5 Å². The third-order valence-electron chi connectivity index (χ3n) is 5.82. The topological polar surface area (TPSA) is 266 Å². The Labute approximate surface area is 198 Å². The molecule has 0 heterocycles. The van der Waals surface area contributed by atoms with Gasteiger partial charge in [-0.25, -0.2) is 0 Å². The fourth-order valence-corrected chi connectivity index (χ4v) is 9.91. The van der Waals surface area contributed by atoms with Crippen LogP contribution in [0, 0.1) is 23.7 Å². The van der Waals surface area contributed by atoms with Crippen LogP contribution in [0.1, 0.15) is 41.5 Å². The molecule has 0 radical (unpaired) electrons. The molecule has 7 atom stereocenters. The SMILES string of the molecule is CC(C)C(C(C)C(C(C)C(C(C)C(C)S(=O)(=O)O[O-])S(=O)(=O)O[O-])S(=O)(=O)O[O-])S(=O)(=O)O[O-]. The summed E-state index contributed by atoms with van der Waals surface area (Å²) in [4.78, 5) is 0. The molecule has 0 aliphatic heterocycles. The second-order valence-corrected chi connectivity index (χ2v) is 15.0. The van der Waals surface area contributed by atoms with E-state index in [1.54, 1.807) is 0 Å². The van der Waals surface area contributed by atoms with Crippen molar-refractivity contribution in [2.24, 2.45) is 23.7 Å². The summed E-state index contributed by atoms with van der Waals surface area (Å²) in [5.74, 6) is -6.57. The summed E-state index contributed by atoms with van der Waals surface area (Å²) in [6.07, 6.45) is 0. The van der Waals surface area contributed by atoms with Crippen LogP contribution in [0.3, 0.4) is 0 Å². The van der Waals surface area contributed by atoms with Crippen LogP contribution in [0.15, 0.2) is 0 Å². The Hall–Kier alpha value is -0.520. The maximum atomic E-state index is 12.5. The Morgan fingerprint density at radius 2 is 0.706 bits per heavy atom. The van der Waals surface area contributed by atoms with Gasteiger partial charge >= 0.3 is 0 Å². The Morgan fingerprint density at radius 3 is 1.00 bits per heavy atom. The summed E-state index contributed by atoms with van der Waals surface area (Å²) in [7, 11) is -20.7. The molecule has 0 fully saturated rings. The molecule has 0 aromatic heterocycles. The van der Waals surface area contributed by atoms with E-state index in [2.05, 4.69) is 17.3 Å². The molecular formula is C14H26O16S4-4. The minimum Gasteiger partial charge on any atom is -0.707 e. The van der Waals surface area contributed by atoms with Gasteiger partial charge in [0.2, 0.25) is 0 Å². The molecule has 0 aromatic rings. The average molecular weight is 579 g/mol. The lowest BCUT2D eigenvalue weighted by atomic mass is 9.84. The first-order valence-electron chi connectivity index (χ1n) is 9.41. The highest BCUT2D eigenvalue weighted by molar-refractivity contribution is 7.89. The summed E-state index contributed by atoms with van der Waals surface area (Å²) in [5, 5.41) is 34.8. The summed E-state index contributed by atoms with van der Waals surface area (Å²) < 4.78 is 111. The molecule has 7 unspecified atom stereocenters. The first-order chi connectivity index (χ1) is 15.2. The number of hydrogen-bond donors (Lipinski definition) is 0. The van der Waals surface area contributed by atoms with Crippen LogP contribution < -0.4 is 21.0 Å². The minimum absolute atomic E-state index is 0.821. The molecule has 0 saturated carbocycles. The van der Waals surface area contributed by atoms with Crippen LogP contribution in [-0.2, 0) is 57.8 Å². The van der Waals surface area contributed by atoms with Gasteiger partial charge in [-0.1, -0.05) is 34.6 Å². The molecule has 206 valence electrons. The van der Waals surface area contributed by atoms with Gasteiger partial charge in [-0.05, 0) is 30.6 Å². The fraction of sp³-hybridized carbons (Fsp3) is 1.00. The lowest BCUT2D eigenvalue weighted by molar-refractivity contribution is -0.635. The molecule has 16 nitrogen and oxygen atoms in total. The van der Waals surface area contributed by atoms with Gasteiger partial charge < -0.3 is 38.4 Å². The second kappa shape index (κ2) is 12.1. The van der Waals surface area contributed by atoms with E-state index >= 15 is 0 Å². The van der Waals surface area contributed by atoms with Crippen molar-refractivity contribution in [1.82, 2.24) is 0 Å². The highest BCUT2D eigenvalue weighted by Crippen LogP contribution is 2.38. The van der Waals surface area contributed by atoms with E-state index < -0.39 is 85.1 Å². The maximum Gasteiger partial charge on any atom is 0.262 e. The van der Waals surface area contributed by atoms with Crippen LogP contribution in [0.2, 0.25) is 0 Å². The lowest BCUT2D eigenvalue weighted by Gasteiger charge is -2.40. The summed E-state index contributed by atoms with van der Waals surface area (Å²) in [6.45, 7) is 6.01. The highest BCUT2D eigenvalue weighted by Gasteiger charge is 2.51. The van der Waals surface area contributed by atoms with Crippen molar-refractivity contribution in [3.05, 3.63) is 0 Å². The monoisotopic (exact) mass is 578 g/mol. The van der Waals surface area contributed by atoms with Crippen LogP contribution in [-0.4, -0.2) is 54.7 Å². The predicted molar refractivity (Wildman–Crippen MR) is 103 cm³/mol. The molecule has 0 rings (SSSR count). The van der Waals surface area contributed by atoms with Crippen molar-refractivity contribution in [2.75, 3.05) is 0 Å². The molecular weight excluding hydrogens is 552 g/mol. The molecule has 34 heavy (non-hydrogen) atoms. The van der Waals surface area contributed by atoms with Gasteiger partial charge in [0.25, 0.3) is 40.5 Å². The van der Waals surface area contributed by atoms with E-state index in [0.29, 0.717) is 0 Å². The largest absolute Gasteiger partial charge is 0.707 e. The Morgan fingerprint density at radius 1 is 0.441 bits per heavy atom. The van der Waals surface area contributed by atoms with Crippen molar-refractivity contribution >= 4 is 40.5 Å². The fourth-order valence-electron chi connectivity index (χ4n) is 4.31. The predicted octanol–water partition coefficient (Wildman–Crippen LogP) is -4.47. The van der Waals surface area contributed by atoms with Gasteiger partial charge in [-0.2, -0.15) is 33.7 Å². The third kappa shape index (κ3) is 7.26. The quantitative estimate of drug-likeness (QED) is 0.131. The van der Waals surface area contributed by atoms with Gasteiger partial charge in [-0.3, -0.25) is 0 Å². The van der Waals surface area contributed by atoms with Crippen molar-refractivity contribution in [3.63, 3.8) is 0 Å². The first kappa shape index (κ1) is 33.5. The van der Waals surface area contributed by atoms with E-state index in [9.17, 15) is 54.7 Å². The van der Waals surface area contributed by atoms with E-state index in [0.717, 1.165) is 27.7 Å². The normalized spacial score (nSPS) is 20.3. The molecule has 0 aliphatic rings. The first-order valence-corrected chi connectivity index (χ1v) is 15.3. The van der Waals surface area contributed by atoms with Crippen molar-refractivity contribution in [3.8, 4) is 0 Å². The lowest BCUT2D eigenvalue weighted by Crippen LogP contribution is -2.54. The van der Waals surface area contributed by atoms with Crippen LogP contribution in [0.25, 0.3) is 0 Å². The maximum absolute atomic E-state index is 12.5. The standard InChI is InChI=1S/C14H30O16S4/c1-7(2)12(32(21,22)28-16)9(4)14(34(25,26)30-18)10(5)13(33(23,24)29-17)8(3)11(6)31(19,20)27-15/h7-18H,1-6H3/p-4. The van der Waals surface area contributed by atoms with Crippen LogP contribution >= 0.6 is 0 Å². The molecule has 0 amide bonds. The zero-order valence-electron chi connectivity index (χ0n) is 18.8. The smallest absolute Gasteiger partial charge is 0.262 e. The van der Waals surface area contributed by atoms with E-state index in [-0.39, 0.29) is 0 Å². The van der Waals surface area contributed by atoms with Gasteiger partial charge in [0, 0.05) is 0 Å². The average Bonchev–Trinajstić information content (AvgIpc) is 2.72. The summed E-state index contributed by atoms with van der Waals surface area (Å²) >= 11 is 0. The van der Waals surface area contributed by atoms with Gasteiger partial charge in [-0.15, -0.1) is 0 Å². The molecule has 0 bridgehead atoms. The van der Waals surface area contributed by atoms with Crippen LogP contribution in [0.4, 0.5) is 0 Å². The Kier molecular flexibility index (Phi) is 12.0. The Balaban J connectivity index is 7.11. The van der Waals surface area contributed by atoms with Crippen molar-refractivity contribution in [1.29, 1.82) is 0 Å². The summed E-state index contributed by atoms with van der Waals surface area (Å²) in [6, 6.07) is 0. The molecule has 0 aliphatic carbocycles. The van der Waals surface area contributed by atoms with Gasteiger partial charge in [0.1, 0.15) is 0 Å². The second-order valence-electron chi connectivity index (χ2n) is 8.16. The molecule has 20 heteroatoms. The van der Waals surface area contributed by atoms with E-state index in [4.69, 9.17) is 0 Å². The zero-order valence-corrected chi connectivity index (χ0v) is 22.0. The van der Waals surface area contributed by atoms with E-state index in [1.807, 2.05) is 0 Å². The zero-order chi connectivity index (χ0) is 27.4. The molecule has 0 N–H and O–H groups in total. The van der Waals surface area contributed by atoms with E-state index in [1.165, 1.54) is 13.8 Å². The minimum atomic E-state index is -5.36. The molecule has 0 aromatic carbocycles. The third-order valence-corrected chi connectivity index (χ3v) is 12.6. The van der Waals surface area contributed by atoms with Gasteiger partial charge in [0.05, 0.1) is 21.0 Å². The highest BCUT2D eigenvalue weighted by atomic mass is 32.2. The Bertz CT molecular complexity index is 1080. The van der Waals surface area contributed by atoms with Crippen LogP contribution in [0.5, 0.6) is 0 Å². The molecule has 0 spiro atoms. The van der Waals surface area contributed by atoms with Gasteiger partial charge in [0.15, 0.2) is 0 Å². The molecule has 0 saturated heterocycles. The summed E-state index contributed by atoms with van der Waals surface area (Å²) in [5.41, 5.74) is 0. The number of rotatable bonds is 15.